The number of hydrogen-bond acceptors (Lipinski definition) is 3. The number of hydroxylamine groups is 1. The Morgan fingerprint density at radius 2 is 2.25 bits per heavy atom. The lowest BCUT2D eigenvalue weighted by Crippen LogP contribution is -2.17. The molecule has 0 atom stereocenters. The van der Waals surface area contributed by atoms with Gasteiger partial charge in [-0.05, 0) is 6.42 Å². The molecule has 0 aromatic rings. The molecule has 0 saturated heterocycles. The van der Waals surface area contributed by atoms with Crippen LogP contribution >= 0.6 is 0 Å². The standard InChI is InChI=1S/C5H13NO2/c1-3-4-8-6-5-7-2/h6H,3-5H2,1-2H3. The predicted octanol–water partition coefficient (Wildman–Crippen LogP) is 0.521. The Morgan fingerprint density at radius 1 is 1.50 bits per heavy atom. The van der Waals surface area contributed by atoms with E-state index < -0.39 is 0 Å². The normalized spacial score (nSPS) is 9.75. The number of methoxy groups -OCH3 is 1. The van der Waals surface area contributed by atoms with Gasteiger partial charge in [0.1, 0.15) is 6.73 Å². The average molecular weight is 119 g/mol. The monoisotopic (exact) mass is 119 g/mol. The van der Waals surface area contributed by atoms with Crippen LogP contribution in [0.5, 0.6) is 0 Å². The first-order valence-corrected chi connectivity index (χ1v) is 2.75. The van der Waals surface area contributed by atoms with Gasteiger partial charge in [-0.2, -0.15) is 5.48 Å². The summed E-state index contributed by atoms with van der Waals surface area (Å²) in [5, 5.41) is 0. The van der Waals surface area contributed by atoms with Gasteiger partial charge in [-0.1, -0.05) is 6.92 Å². The quantitative estimate of drug-likeness (QED) is 0.325. The molecule has 0 aliphatic heterocycles. The first-order valence-electron chi connectivity index (χ1n) is 2.75. The van der Waals surface area contributed by atoms with Crippen LogP contribution in [0.4, 0.5) is 0 Å². The van der Waals surface area contributed by atoms with Crippen LogP contribution in [0.15, 0.2) is 0 Å². The smallest absolute Gasteiger partial charge is 0.119 e. The van der Waals surface area contributed by atoms with E-state index in [-0.39, 0.29) is 0 Å². The third-order valence-electron chi connectivity index (χ3n) is 0.612. The molecule has 0 saturated carbocycles. The Hall–Kier alpha value is -0.120. The Bertz CT molecular complexity index is 35.4. The summed E-state index contributed by atoms with van der Waals surface area (Å²) in [7, 11) is 1.61. The summed E-state index contributed by atoms with van der Waals surface area (Å²) in [4.78, 5) is 4.85. The van der Waals surface area contributed by atoms with Gasteiger partial charge in [-0.15, -0.1) is 0 Å². The molecule has 50 valence electrons. The lowest BCUT2D eigenvalue weighted by Gasteiger charge is -2.00. The molecule has 0 aromatic carbocycles. The molecule has 0 rings (SSSR count). The minimum absolute atomic E-state index is 0.458. The van der Waals surface area contributed by atoms with Crippen LogP contribution in [-0.2, 0) is 9.57 Å². The van der Waals surface area contributed by atoms with Crippen molar-refractivity contribution in [2.24, 2.45) is 0 Å². The molecule has 0 amide bonds. The van der Waals surface area contributed by atoms with Gasteiger partial charge in [0.15, 0.2) is 0 Å². The van der Waals surface area contributed by atoms with E-state index in [1.807, 2.05) is 0 Å². The number of rotatable bonds is 5. The van der Waals surface area contributed by atoms with E-state index in [2.05, 4.69) is 17.1 Å². The van der Waals surface area contributed by atoms with Crippen molar-refractivity contribution < 1.29 is 9.57 Å². The Labute approximate surface area is 49.9 Å². The summed E-state index contributed by atoms with van der Waals surface area (Å²) in [5.74, 6) is 0. The van der Waals surface area contributed by atoms with E-state index in [4.69, 9.17) is 4.84 Å². The van der Waals surface area contributed by atoms with Crippen molar-refractivity contribution in [3.05, 3.63) is 0 Å². The largest absolute Gasteiger partial charge is 0.367 e. The lowest BCUT2D eigenvalue weighted by molar-refractivity contribution is -0.0188. The van der Waals surface area contributed by atoms with E-state index in [9.17, 15) is 0 Å². The number of ether oxygens (including phenoxy) is 1. The van der Waals surface area contributed by atoms with Crippen LogP contribution in [0.25, 0.3) is 0 Å². The van der Waals surface area contributed by atoms with E-state index in [1.165, 1.54) is 0 Å². The van der Waals surface area contributed by atoms with Gasteiger partial charge >= 0.3 is 0 Å². The van der Waals surface area contributed by atoms with E-state index in [1.54, 1.807) is 7.11 Å². The minimum atomic E-state index is 0.458. The second-order valence-electron chi connectivity index (χ2n) is 1.43. The van der Waals surface area contributed by atoms with Gasteiger partial charge in [0.25, 0.3) is 0 Å². The number of nitrogens with one attached hydrogen (secondary N) is 1. The van der Waals surface area contributed by atoms with Crippen LogP contribution in [0, 0.1) is 0 Å². The summed E-state index contributed by atoms with van der Waals surface area (Å²) in [5.41, 5.74) is 2.61. The molecule has 3 nitrogen and oxygen atoms in total. The van der Waals surface area contributed by atoms with Crippen LogP contribution in [-0.4, -0.2) is 20.4 Å². The molecule has 0 aromatic heterocycles. The van der Waals surface area contributed by atoms with Crippen LogP contribution in [0.2, 0.25) is 0 Å². The molecule has 0 radical (unpaired) electrons. The molecule has 8 heavy (non-hydrogen) atoms. The molecule has 1 N–H and O–H groups in total. The van der Waals surface area contributed by atoms with Crippen molar-refractivity contribution in [2.45, 2.75) is 13.3 Å². The molecule has 3 heteroatoms. The zero-order valence-electron chi connectivity index (χ0n) is 5.44. The molecule has 0 unspecified atom stereocenters. The zero-order valence-corrected chi connectivity index (χ0v) is 5.44. The predicted molar refractivity (Wildman–Crippen MR) is 31.3 cm³/mol. The van der Waals surface area contributed by atoms with Crippen LogP contribution in [0.1, 0.15) is 13.3 Å². The molecular formula is C5H13NO2. The molecule has 0 spiro atoms. The molecule has 0 aliphatic rings. The molecule has 0 fully saturated rings. The minimum Gasteiger partial charge on any atom is -0.367 e. The fourth-order valence-corrected chi connectivity index (χ4v) is 0.275. The Kier molecular flexibility index (Phi) is 6.78. The summed E-state index contributed by atoms with van der Waals surface area (Å²) < 4.78 is 4.65. The fraction of sp³-hybridized carbons (Fsp3) is 1.00. The van der Waals surface area contributed by atoms with Crippen molar-refractivity contribution in [3.63, 3.8) is 0 Å². The maximum absolute atomic E-state index is 4.85. The van der Waals surface area contributed by atoms with E-state index in [0.29, 0.717) is 6.73 Å². The average Bonchev–Trinajstić information content (AvgIpc) is 1.81. The van der Waals surface area contributed by atoms with Gasteiger partial charge < -0.3 is 4.74 Å². The highest BCUT2D eigenvalue weighted by Crippen LogP contribution is 1.73. The third kappa shape index (κ3) is 5.88. The van der Waals surface area contributed by atoms with Gasteiger partial charge in [0.05, 0.1) is 6.61 Å². The van der Waals surface area contributed by atoms with Gasteiger partial charge in [0, 0.05) is 7.11 Å². The maximum Gasteiger partial charge on any atom is 0.119 e. The van der Waals surface area contributed by atoms with Gasteiger partial charge in [0.2, 0.25) is 0 Å². The summed E-state index contributed by atoms with van der Waals surface area (Å²) in [6.07, 6.45) is 1.02. The number of hydrogen-bond donors (Lipinski definition) is 1. The highest BCUT2D eigenvalue weighted by Gasteiger charge is 1.79. The highest BCUT2D eigenvalue weighted by molar-refractivity contribution is 4.17. The van der Waals surface area contributed by atoms with Crippen molar-refractivity contribution in [3.8, 4) is 0 Å². The fourth-order valence-electron chi connectivity index (χ4n) is 0.275. The molecule has 0 heterocycles. The maximum atomic E-state index is 4.85. The van der Waals surface area contributed by atoms with E-state index >= 15 is 0 Å². The first kappa shape index (κ1) is 7.88. The molecule has 0 bridgehead atoms. The van der Waals surface area contributed by atoms with Crippen molar-refractivity contribution in [1.82, 2.24) is 5.48 Å². The zero-order chi connectivity index (χ0) is 6.24. The van der Waals surface area contributed by atoms with Crippen molar-refractivity contribution in [2.75, 3.05) is 20.4 Å². The Morgan fingerprint density at radius 3 is 2.75 bits per heavy atom. The van der Waals surface area contributed by atoms with E-state index in [0.717, 1.165) is 13.0 Å². The van der Waals surface area contributed by atoms with Gasteiger partial charge in [-0.3, -0.25) is 4.84 Å². The molecular weight excluding hydrogens is 106 g/mol. The van der Waals surface area contributed by atoms with Crippen molar-refractivity contribution in [1.29, 1.82) is 0 Å². The van der Waals surface area contributed by atoms with Gasteiger partial charge in [-0.25, -0.2) is 0 Å². The molecule has 0 aliphatic carbocycles. The second kappa shape index (κ2) is 6.88. The summed E-state index contributed by atoms with van der Waals surface area (Å²) >= 11 is 0. The summed E-state index contributed by atoms with van der Waals surface area (Å²) in [6, 6.07) is 0. The SMILES string of the molecule is CCCONCOC. The summed E-state index contributed by atoms with van der Waals surface area (Å²) in [6.45, 7) is 3.25. The first-order chi connectivity index (χ1) is 3.91. The van der Waals surface area contributed by atoms with Crippen LogP contribution in [0.3, 0.4) is 0 Å². The van der Waals surface area contributed by atoms with Crippen LogP contribution < -0.4 is 5.48 Å². The topological polar surface area (TPSA) is 30.5 Å². The highest BCUT2D eigenvalue weighted by atomic mass is 16.7. The Balaban J connectivity index is 2.53. The third-order valence-corrected chi connectivity index (χ3v) is 0.612. The lowest BCUT2D eigenvalue weighted by atomic mass is 10.5. The van der Waals surface area contributed by atoms with Crippen molar-refractivity contribution >= 4 is 0 Å². The second-order valence-corrected chi connectivity index (χ2v) is 1.43.